The quantitative estimate of drug-likeness (QED) is 0.435. The van der Waals surface area contributed by atoms with Crippen LogP contribution in [0.5, 0.6) is 5.75 Å². The van der Waals surface area contributed by atoms with Crippen molar-refractivity contribution in [3.8, 4) is 5.75 Å². The minimum atomic E-state index is -0.734. The predicted molar refractivity (Wildman–Crippen MR) is 131 cm³/mol. The third-order valence-corrected chi connectivity index (χ3v) is 7.29. The zero-order valence-electron chi connectivity index (χ0n) is 18.6. The van der Waals surface area contributed by atoms with Crippen molar-refractivity contribution >= 4 is 34.8 Å². The van der Waals surface area contributed by atoms with E-state index in [0.717, 1.165) is 28.3 Å². The van der Waals surface area contributed by atoms with E-state index in [4.69, 9.17) is 27.9 Å². The molecule has 1 unspecified atom stereocenters. The van der Waals surface area contributed by atoms with Crippen LogP contribution in [0, 0.1) is 17.7 Å². The first-order chi connectivity index (χ1) is 15.8. The van der Waals surface area contributed by atoms with Crippen molar-refractivity contribution in [2.75, 3.05) is 19.0 Å². The third kappa shape index (κ3) is 4.81. The van der Waals surface area contributed by atoms with Crippen LogP contribution in [-0.4, -0.2) is 19.6 Å². The lowest BCUT2D eigenvalue weighted by molar-refractivity contribution is -0.122. The number of allylic oxidation sites excluding steroid dienone is 4. The Morgan fingerprint density at radius 3 is 2.85 bits per heavy atom. The summed E-state index contributed by atoms with van der Waals surface area (Å²) in [6.45, 7) is 3.11. The number of amides is 1. The summed E-state index contributed by atoms with van der Waals surface area (Å²) in [5.74, 6) is 0.395. The molecule has 2 aromatic rings. The normalized spacial score (nSPS) is 22.5. The Morgan fingerprint density at radius 1 is 1.27 bits per heavy atom. The van der Waals surface area contributed by atoms with Gasteiger partial charge in [0.25, 0.3) is 0 Å². The van der Waals surface area contributed by atoms with Crippen molar-refractivity contribution in [2.24, 2.45) is 11.8 Å². The number of hydrogen-bond donors (Lipinski definition) is 2. The van der Waals surface area contributed by atoms with Gasteiger partial charge < -0.3 is 15.4 Å². The molecule has 1 aliphatic carbocycles. The number of fused-ring (bicyclic) bond motifs is 1. The van der Waals surface area contributed by atoms with E-state index < -0.39 is 5.41 Å². The van der Waals surface area contributed by atoms with Crippen molar-refractivity contribution in [3.05, 3.63) is 81.6 Å². The summed E-state index contributed by atoms with van der Waals surface area (Å²) in [6, 6.07) is 10.1. The van der Waals surface area contributed by atoms with Crippen LogP contribution in [0.25, 0.3) is 0 Å². The highest BCUT2D eigenvalue weighted by Gasteiger charge is 2.50. The van der Waals surface area contributed by atoms with Gasteiger partial charge in [-0.2, -0.15) is 0 Å². The number of nitrogens with one attached hydrogen (secondary N) is 2. The van der Waals surface area contributed by atoms with Crippen molar-refractivity contribution in [2.45, 2.75) is 31.7 Å². The number of carbonyl (C=O) groups is 1. The van der Waals surface area contributed by atoms with E-state index in [9.17, 15) is 9.18 Å². The smallest absolute Gasteiger partial charge is 0.235 e. The molecule has 1 amide bonds. The Bertz CT molecular complexity index is 1120. The Balaban J connectivity index is 1.56. The van der Waals surface area contributed by atoms with Gasteiger partial charge in [-0.1, -0.05) is 41.4 Å². The summed E-state index contributed by atoms with van der Waals surface area (Å²) in [5, 5.41) is 7.79. The van der Waals surface area contributed by atoms with E-state index in [0.29, 0.717) is 30.3 Å². The fourth-order valence-electron chi connectivity index (χ4n) is 5.05. The number of rotatable bonds is 8. The molecule has 2 aromatic carbocycles. The minimum absolute atomic E-state index is 0.0134. The van der Waals surface area contributed by atoms with Crippen LogP contribution in [0.1, 0.15) is 30.9 Å². The summed E-state index contributed by atoms with van der Waals surface area (Å²) < 4.78 is 19.1. The van der Waals surface area contributed by atoms with Gasteiger partial charge in [-0.25, -0.2) is 4.39 Å². The first-order valence-electron chi connectivity index (χ1n) is 11.0. The summed E-state index contributed by atoms with van der Waals surface area (Å²) in [6.07, 6.45) is 7.41. The summed E-state index contributed by atoms with van der Waals surface area (Å²) in [7, 11) is 1.57. The van der Waals surface area contributed by atoms with Gasteiger partial charge in [-0.15, -0.1) is 0 Å². The second kappa shape index (κ2) is 9.88. The van der Waals surface area contributed by atoms with Gasteiger partial charge >= 0.3 is 0 Å². The molecule has 0 bridgehead atoms. The van der Waals surface area contributed by atoms with Crippen LogP contribution in [0.3, 0.4) is 0 Å². The lowest BCUT2D eigenvalue weighted by Gasteiger charge is -2.38. The van der Waals surface area contributed by atoms with Gasteiger partial charge in [0.05, 0.1) is 12.5 Å². The average molecular weight is 489 g/mol. The van der Waals surface area contributed by atoms with Crippen LogP contribution < -0.4 is 15.4 Å². The summed E-state index contributed by atoms with van der Waals surface area (Å²) in [5.41, 5.74) is 1.73. The zero-order chi connectivity index (χ0) is 23.6. The van der Waals surface area contributed by atoms with Gasteiger partial charge in [-0.05, 0) is 80.1 Å². The van der Waals surface area contributed by atoms with Gasteiger partial charge in [0.15, 0.2) is 0 Å². The van der Waals surface area contributed by atoms with E-state index in [1.54, 1.807) is 19.2 Å². The topological polar surface area (TPSA) is 50.4 Å². The lowest BCUT2D eigenvalue weighted by Crippen LogP contribution is -2.43. The number of carbonyl (C=O) groups excluding carboxylic acids is 1. The predicted octanol–water partition coefficient (Wildman–Crippen LogP) is 6.19. The molecule has 1 aliphatic heterocycles. The maximum atomic E-state index is 13.7. The molecule has 0 saturated carbocycles. The van der Waals surface area contributed by atoms with Crippen molar-refractivity contribution in [3.63, 3.8) is 0 Å². The maximum Gasteiger partial charge on any atom is 0.235 e. The van der Waals surface area contributed by atoms with Crippen molar-refractivity contribution in [1.82, 2.24) is 5.32 Å². The fraction of sp³-hybridized carbons (Fsp3) is 0.346. The number of ether oxygens (including phenoxy) is 1. The lowest BCUT2D eigenvalue weighted by atomic mass is 9.64. The molecule has 2 aliphatic rings. The third-order valence-electron chi connectivity index (χ3n) is 6.78. The molecule has 0 aromatic heterocycles. The highest BCUT2D eigenvalue weighted by molar-refractivity contribution is 6.31. The van der Waals surface area contributed by atoms with Crippen molar-refractivity contribution < 1.29 is 13.9 Å². The zero-order valence-corrected chi connectivity index (χ0v) is 20.1. The number of methoxy groups -OCH3 is 1. The number of anilines is 1. The first kappa shape index (κ1) is 23.8. The molecule has 2 N–H and O–H groups in total. The molecule has 3 atom stereocenters. The second-order valence-corrected chi connectivity index (χ2v) is 9.66. The Morgan fingerprint density at radius 2 is 2.09 bits per heavy atom. The molecule has 1 heterocycles. The van der Waals surface area contributed by atoms with Gasteiger partial charge in [-0.3, -0.25) is 4.79 Å². The second-order valence-electron chi connectivity index (χ2n) is 8.74. The SMILES string of the molecule is COc1ccc(F)cc1CNCC[C@@H](C1C=CC=C(Cl)C1)[C@@]1(C)C(=O)Nc2cc(Cl)ccc21. The largest absolute Gasteiger partial charge is 0.496 e. The molecule has 33 heavy (non-hydrogen) atoms. The van der Waals surface area contributed by atoms with Crippen LogP contribution in [0.4, 0.5) is 10.1 Å². The van der Waals surface area contributed by atoms with Crippen molar-refractivity contribution in [1.29, 1.82) is 0 Å². The molecule has 0 radical (unpaired) electrons. The Labute approximate surface area is 203 Å². The van der Waals surface area contributed by atoms with E-state index >= 15 is 0 Å². The van der Waals surface area contributed by atoms with Crippen LogP contribution in [-0.2, 0) is 16.8 Å². The van der Waals surface area contributed by atoms with E-state index in [1.807, 2.05) is 31.2 Å². The number of halogens is 3. The first-order valence-corrected chi connectivity index (χ1v) is 11.8. The number of hydrogen-bond acceptors (Lipinski definition) is 3. The monoisotopic (exact) mass is 488 g/mol. The molecule has 4 rings (SSSR count). The van der Waals surface area contributed by atoms with E-state index in [1.165, 1.54) is 12.1 Å². The van der Waals surface area contributed by atoms with Crippen LogP contribution in [0.15, 0.2) is 59.7 Å². The average Bonchev–Trinajstić information content (AvgIpc) is 3.03. The van der Waals surface area contributed by atoms with E-state index in [2.05, 4.69) is 16.7 Å². The Hall–Kier alpha value is -2.34. The highest BCUT2D eigenvalue weighted by Crippen LogP contribution is 2.49. The molecular formula is C26H27Cl2FN2O2. The summed E-state index contributed by atoms with van der Waals surface area (Å²) >= 11 is 12.6. The Kier molecular flexibility index (Phi) is 7.13. The maximum absolute atomic E-state index is 13.7. The van der Waals surface area contributed by atoms with Gasteiger partial charge in [0.2, 0.25) is 5.91 Å². The standard InChI is InChI=1S/C26H27Cl2FN2O2/c1-26(22-8-6-19(28)14-23(22)31-25(26)32)21(16-4-3-5-18(27)12-16)10-11-30-15-17-13-20(29)7-9-24(17)33-2/h3-9,13-14,16,21,30H,10-12,15H2,1-2H3,(H,31,32)/t16?,21-,26+/m0/s1. The molecule has 4 nitrogen and oxygen atoms in total. The fourth-order valence-corrected chi connectivity index (χ4v) is 5.48. The van der Waals surface area contributed by atoms with Crippen LogP contribution >= 0.6 is 23.2 Å². The van der Waals surface area contributed by atoms with Gasteiger partial charge in [0.1, 0.15) is 11.6 Å². The molecule has 0 saturated heterocycles. The molecular weight excluding hydrogens is 462 g/mol. The molecule has 0 fully saturated rings. The minimum Gasteiger partial charge on any atom is -0.496 e. The van der Waals surface area contributed by atoms with E-state index in [-0.39, 0.29) is 23.6 Å². The highest BCUT2D eigenvalue weighted by atomic mass is 35.5. The van der Waals surface area contributed by atoms with Gasteiger partial charge in [0, 0.05) is 27.9 Å². The summed E-state index contributed by atoms with van der Waals surface area (Å²) in [4.78, 5) is 13.3. The number of benzene rings is 2. The molecule has 7 heteroatoms. The van der Waals surface area contributed by atoms with Crippen LogP contribution in [0.2, 0.25) is 5.02 Å². The molecule has 0 spiro atoms. The molecule has 174 valence electrons.